The zero-order chi connectivity index (χ0) is 10.6. The second kappa shape index (κ2) is 5.71. The Hall–Kier alpha value is -0.0900. The molecule has 1 rings (SSSR count). The maximum Gasteiger partial charge on any atom is 0.0658 e. The van der Waals surface area contributed by atoms with E-state index in [0.29, 0.717) is 6.61 Å². The molecule has 0 bridgehead atoms. The highest BCUT2D eigenvalue weighted by Gasteiger charge is 2.12. The summed E-state index contributed by atoms with van der Waals surface area (Å²) < 4.78 is 6.16. The van der Waals surface area contributed by atoms with Crippen molar-refractivity contribution in [2.24, 2.45) is 0 Å². The van der Waals surface area contributed by atoms with Crippen LogP contribution in [0.25, 0.3) is 0 Å². The molecule has 2 nitrogen and oxygen atoms in total. The Labute approximate surface area is 97.7 Å². The van der Waals surface area contributed by atoms with E-state index in [0.717, 1.165) is 15.1 Å². The molecule has 78 valence electrons. The van der Waals surface area contributed by atoms with E-state index in [1.807, 2.05) is 25.2 Å². The first-order chi connectivity index (χ1) is 6.69. The Kier molecular flexibility index (Phi) is 4.89. The van der Waals surface area contributed by atoms with Crippen LogP contribution in [0.1, 0.15) is 11.6 Å². The van der Waals surface area contributed by atoms with Gasteiger partial charge in [0.15, 0.2) is 0 Å². The molecule has 0 heterocycles. The van der Waals surface area contributed by atoms with Gasteiger partial charge in [0, 0.05) is 16.6 Å². The largest absolute Gasteiger partial charge is 0.383 e. The summed E-state index contributed by atoms with van der Waals surface area (Å²) in [6.07, 6.45) is 0. The Balaban J connectivity index is 2.96. The van der Waals surface area contributed by atoms with Crippen LogP contribution in [0.15, 0.2) is 22.7 Å². The smallest absolute Gasteiger partial charge is 0.0658 e. The molecule has 0 fully saturated rings. The molecule has 1 unspecified atom stereocenters. The molecular weight excluding hydrogens is 265 g/mol. The van der Waals surface area contributed by atoms with Gasteiger partial charge in [-0.05, 0) is 30.8 Å². The van der Waals surface area contributed by atoms with Gasteiger partial charge in [-0.3, -0.25) is 0 Å². The maximum atomic E-state index is 5.93. The average molecular weight is 279 g/mol. The Morgan fingerprint density at radius 1 is 1.57 bits per heavy atom. The number of benzene rings is 1. The lowest BCUT2D eigenvalue weighted by atomic mass is 10.1. The lowest BCUT2D eigenvalue weighted by Gasteiger charge is -2.17. The highest BCUT2D eigenvalue weighted by atomic mass is 79.9. The fourth-order valence-electron chi connectivity index (χ4n) is 1.28. The number of hydrogen-bond donors (Lipinski definition) is 1. The zero-order valence-electron chi connectivity index (χ0n) is 8.18. The molecule has 0 aliphatic heterocycles. The van der Waals surface area contributed by atoms with E-state index in [1.165, 1.54) is 0 Å². The topological polar surface area (TPSA) is 21.3 Å². The molecule has 1 atom stereocenters. The number of methoxy groups -OCH3 is 1. The van der Waals surface area contributed by atoms with E-state index in [1.54, 1.807) is 7.11 Å². The van der Waals surface area contributed by atoms with Crippen molar-refractivity contribution in [1.82, 2.24) is 5.32 Å². The van der Waals surface area contributed by atoms with Crippen molar-refractivity contribution in [2.75, 3.05) is 20.8 Å². The first-order valence-electron chi connectivity index (χ1n) is 4.30. The highest BCUT2D eigenvalue weighted by molar-refractivity contribution is 9.10. The number of hydrogen-bond acceptors (Lipinski definition) is 2. The Morgan fingerprint density at radius 2 is 2.29 bits per heavy atom. The average Bonchev–Trinajstić information content (AvgIpc) is 2.18. The molecule has 1 aromatic rings. The van der Waals surface area contributed by atoms with Crippen molar-refractivity contribution in [3.63, 3.8) is 0 Å². The van der Waals surface area contributed by atoms with Crippen molar-refractivity contribution in [2.45, 2.75) is 6.04 Å². The third kappa shape index (κ3) is 2.95. The maximum absolute atomic E-state index is 5.93. The van der Waals surface area contributed by atoms with Gasteiger partial charge in [0.05, 0.1) is 12.6 Å². The number of rotatable bonds is 4. The van der Waals surface area contributed by atoms with Crippen molar-refractivity contribution in [3.8, 4) is 0 Å². The van der Waals surface area contributed by atoms with E-state index in [4.69, 9.17) is 16.3 Å². The van der Waals surface area contributed by atoms with Gasteiger partial charge < -0.3 is 10.1 Å². The van der Waals surface area contributed by atoms with Crippen LogP contribution in [0.3, 0.4) is 0 Å². The van der Waals surface area contributed by atoms with E-state index in [-0.39, 0.29) is 6.04 Å². The quantitative estimate of drug-likeness (QED) is 0.914. The molecule has 0 radical (unpaired) electrons. The molecule has 0 saturated heterocycles. The summed E-state index contributed by atoms with van der Waals surface area (Å²) in [7, 11) is 3.58. The minimum atomic E-state index is 0.160. The van der Waals surface area contributed by atoms with Gasteiger partial charge in [-0.25, -0.2) is 0 Å². The second-order valence-electron chi connectivity index (χ2n) is 2.96. The fourth-order valence-corrected chi connectivity index (χ4v) is 1.98. The van der Waals surface area contributed by atoms with E-state index in [9.17, 15) is 0 Å². The number of ether oxygens (including phenoxy) is 1. The molecule has 1 aromatic carbocycles. The van der Waals surface area contributed by atoms with Crippen LogP contribution in [0, 0.1) is 0 Å². The first-order valence-corrected chi connectivity index (χ1v) is 5.47. The summed E-state index contributed by atoms with van der Waals surface area (Å²) in [5.41, 5.74) is 1.11. The van der Waals surface area contributed by atoms with Crippen LogP contribution >= 0.6 is 27.5 Å². The molecule has 0 amide bonds. The van der Waals surface area contributed by atoms with E-state index in [2.05, 4.69) is 21.2 Å². The number of halogens is 2. The molecule has 0 saturated carbocycles. The van der Waals surface area contributed by atoms with Gasteiger partial charge >= 0.3 is 0 Å². The third-order valence-electron chi connectivity index (χ3n) is 2.02. The van der Waals surface area contributed by atoms with Gasteiger partial charge in [0.2, 0.25) is 0 Å². The predicted octanol–water partition coefficient (Wildman–Crippen LogP) is 3.01. The van der Waals surface area contributed by atoms with Crippen LogP contribution in [-0.2, 0) is 4.74 Å². The van der Waals surface area contributed by atoms with Gasteiger partial charge in [0.25, 0.3) is 0 Å². The van der Waals surface area contributed by atoms with Crippen molar-refractivity contribution in [1.29, 1.82) is 0 Å². The number of likely N-dealkylation sites (N-methyl/N-ethyl adjacent to an activating group) is 1. The van der Waals surface area contributed by atoms with Crippen molar-refractivity contribution < 1.29 is 4.74 Å². The molecule has 0 aliphatic carbocycles. The summed E-state index contributed by atoms with van der Waals surface area (Å²) in [6, 6.07) is 5.89. The minimum Gasteiger partial charge on any atom is -0.383 e. The molecular formula is C10H13BrClNO. The second-order valence-corrected chi connectivity index (χ2v) is 4.25. The van der Waals surface area contributed by atoms with E-state index >= 15 is 0 Å². The van der Waals surface area contributed by atoms with Crippen LogP contribution in [0.5, 0.6) is 0 Å². The van der Waals surface area contributed by atoms with Crippen LogP contribution in [0.4, 0.5) is 0 Å². The molecule has 0 aliphatic rings. The predicted molar refractivity (Wildman–Crippen MR) is 62.8 cm³/mol. The molecule has 14 heavy (non-hydrogen) atoms. The summed E-state index contributed by atoms with van der Waals surface area (Å²) in [5.74, 6) is 0. The van der Waals surface area contributed by atoms with Crippen LogP contribution < -0.4 is 5.32 Å². The van der Waals surface area contributed by atoms with Gasteiger partial charge in [-0.2, -0.15) is 0 Å². The van der Waals surface area contributed by atoms with Gasteiger partial charge in [0.1, 0.15) is 0 Å². The Morgan fingerprint density at radius 3 is 2.86 bits per heavy atom. The Bertz CT molecular complexity index is 306. The first kappa shape index (κ1) is 12.0. The summed E-state index contributed by atoms with van der Waals surface area (Å²) in [4.78, 5) is 0. The minimum absolute atomic E-state index is 0.160. The zero-order valence-corrected chi connectivity index (χ0v) is 10.5. The monoisotopic (exact) mass is 277 g/mol. The van der Waals surface area contributed by atoms with Crippen LogP contribution in [0.2, 0.25) is 5.02 Å². The van der Waals surface area contributed by atoms with Gasteiger partial charge in [-0.1, -0.05) is 27.5 Å². The van der Waals surface area contributed by atoms with E-state index < -0.39 is 0 Å². The lowest BCUT2D eigenvalue weighted by molar-refractivity contribution is 0.170. The SMILES string of the molecule is CNC(COC)c1cc(Cl)ccc1Br. The lowest BCUT2D eigenvalue weighted by Crippen LogP contribution is -2.21. The molecule has 0 aromatic heterocycles. The molecule has 0 spiro atoms. The molecule has 1 N–H and O–H groups in total. The van der Waals surface area contributed by atoms with Crippen LogP contribution in [-0.4, -0.2) is 20.8 Å². The summed E-state index contributed by atoms with van der Waals surface area (Å²) in [5, 5.41) is 3.91. The van der Waals surface area contributed by atoms with Crippen molar-refractivity contribution >= 4 is 27.5 Å². The van der Waals surface area contributed by atoms with Gasteiger partial charge in [-0.15, -0.1) is 0 Å². The fraction of sp³-hybridized carbons (Fsp3) is 0.400. The number of nitrogens with one attached hydrogen (secondary N) is 1. The normalized spacial score (nSPS) is 12.9. The third-order valence-corrected chi connectivity index (χ3v) is 2.97. The summed E-state index contributed by atoms with van der Waals surface area (Å²) in [6.45, 7) is 0.620. The summed E-state index contributed by atoms with van der Waals surface area (Å²) >= 11 is 9.42. The standard InChI is InChI=1S/C10H13BrClNO/c1-13-10(6-14-2)8-5-7(12)3-4-9(8)11/h3-5,10,13H,6H2,1-2H3. The highest BCUT2D eigenvalue weighted by Crippen LogP contribution is 2.26. The van der Waals surface area contributed by atoms with Crippen molar-refractivity contribution in [3.05, 3.63) is 33.3 Å². The molecule has 4 heteroatoms.